The van der Waals surface area contributed by atoms with E-state index in [1.165, 1.54) is 12.8 Å². The molecule has 0 heterocycles. The maximum Gasteiger partial charge on any atom is 0.182 e. The summed E-state index contributed by atoms with van der Waals surface area (Å²) in [5.74, 6) is 6.42. The summed E-state index contributed by atoms with van der Waals surface area (Å²) in [6, 6.07) is 18.4. The number of sulfone groups is 2. The SMILES string of the molecule is CCC1CC(CC)C2C1CC(S(=O)(=O)c1ccccc1)C2SCCC(C)(C)CCSC1C2C(CC)CC(CC)C2CC1S(=O)(=O)c1ccccc1. The van der Waals surface area contributed by atoms with Gasteiger partial charge in [0.2, 0.25) is 0 Å². The fourth-order valence-corrected chi connectivity index (χ4v) is 20.3. The minimum absolute atomic E-state index is 0.0925. The molecule has 0 aromatic heterocycles. The van der Waals surface area contributed by atoms with Gasteiger partial charge in [-0.25, -0.2) is 16.8 Å². The molecule has 4 saturated carbocycles. The Morgan fingerprint density at radius 1 is 0.549 bits per heavy atom. The molecule has 51 heavy (non-hydrogen) atoms. The molecule has 0 bridgehead atoms. The molecule has 4 nitrogen and oxygen atoms in total. The van der Waals surface area contributed by atoms with E-state index in [-0.39, 0.29) is 26.4 Å². The van der Waals surface area contributed by atoms with Crippen molar-refractivity contribution in [3.8, 4) is 0 Å². The monoisotopic (exact) mass is 772 g/mol. The highest BCUT2D eigenvalue weighted by Crippen LogP contribution is 2.60. The largest absolute Gasteiger partial charge is 0.223 e. The average molecular weight is 773 g/mol. The third-order valence-electron chi connectivity index (χ3n) is 14.2. The lowest BCUT2D eigenvalue weighted by atomic mass is 9.87. The van der Waals surface area contributed by atoms with Gasteiger partial charge in [0.25, 0.3) is 0 Å². The standard InChI is InChI=1S/C43H64O4S4/c1-7-29-25-31(9-3)39-35(29)27-37(50(44,45)33-17-13-11-14-18-33)41(39)48-23-21-43(5,6)22-24-49-42-38(51(46,47)34-19-15-12-16-20-34)28-36-30(8-2)26-32(10-4)40(36)42/h11-20,29-32,35-42H,7-10,21-28H2,1-6H3. The van der Waals surface area contributed by atoms with Crippen molar-refractivity contribution in [3.05, 3.63) is 60.7 Å². The molecule has 0 aliphatic heterocycles. The maximum absolute atomic E-state index is 14.2. The highest BCUT2D eigenvalue weighted by Gasteiger charge is 2.58. The lowest BCUT2D eigenvalue weighted by Gasteiger charge is -2.31. The molecule has 2 aromatic carbocycles. The smallest absolute Gasteiger partial charge is 0.182 e. The van der Waals surface area contributed by atoms with E-state index in [0.717, 1.165) is 62.9 Å². The lowest BCUT2D eigenvalue weighted by molar-refractivity contribution is 0.324. The van der Waals surface area contributed by atoms with Gasteiger partial charge in [0, 0.05) is 10.5 Å². The van der Waals surface area contributed by atoms with Crippen LogP contribution in [0.5, 0.6) is 0 Å². The summed E-state index contributed by atoms with van der Waals surface area (Å²) in [6.07, 6.45) is 10.8. The third-order valence-corrected chi connectivity index (χ3v) is 21.9. The summed E-state index contributed by atoms with van der Waals surface area (Å²) >= 11 is 3.92. The zero-order valence-corrected chi connectivity index (χ0v) is 35.2. The van der Waals surface area contributed by atoms with Crippen LogP contribution in [0.2, 0.25) is 0 Å². The summed E-state index contributed by atoms with van der Waals surface area (Å²) in [5, 5.41) is -0.339. The number of hydrogen-bond donors (Lipinski definition) is 0. The molecule has 0 amide bonds. The quantitative estimate of drug-likeness (QED) is 0.169. The van der Waals surface area contributed by atoms with E-state index in [1.807, 2.05) is 59.9 Å². The Kier molecular flexibility index (Phi) is 12.8. The fourth-order valence-electron chi connectivity index (χ4n) is 11.3. The lowest BCUT2D eigenvalue weighted by Crippen LogP contribution is -2.33. The van der Waals surface area contributed by atoms with Gasteiger partial charge < -0.3 is 0 Å². The molecule has 0 radical (unpaired) electrons. The van der Waals surface area contributed by atoms with Crippen LogP contribution in [0.3, 0.4) is 0 Å². The first kappa shape index (κ1) is 39.7. The topological polar surface area (TPSA) is 68.3 Å². The van der Waals surface area contributed by atoms with E-state index in [9.17, 15) is 16.8 Å². The Morgan fingerprint density at radius 2 is 0.902 bits per heavy atom. The molecule has 0 N–H and O–H groups in total. The van der Waals surface area contributed by atoms with Gasteiger partial charge in [0.1, 0.15) is 0 Å². The molecular formula is C43H64O4S4. The average Bonchev–Trinajstić information content (AvgIpc) is 3.88. The van der Waals surface area contributed by atoms with Gasteiger partial charge in [-0.3, -0.25) is 0 Å². The van der Waals surface area contributed by atoms with E-state index < -0.39 is 19.7 Å². The van der Waals surface area contributed by atoms with Gasteiger partial charge in [-0.05, 0) is 127 Å². The van der Waals surface area contributed by atoms with Crippen LogP contribution in [0.15, 0.2) is 70.5 Å². The number of hydrogen-bond acceptors (Lipinski definition) is 6. The second-order valence-corrected chi connectivity index (χ2v) is 24.1. The summed E-state index contributed by atoms with van der Waals surface area (Å²) in [5.41, 5.74) is 0.0925. The first-order valence-electron chi connectivity index (χ1n) is 20.2. The molecule has 2 aromatic rings. The Hall–Kier alpha value is -0.960. The third kappa shape index (κ3) is 7.92. The second-order valence-electron chi connectivity index (χ2n) is 17.2. The Morgan fingerprint density at radius 3 is 1.24 bits per heavy atom. The van der Waals surface area contributed by atoms with E-state index in [1.54, 1.807) is 24.3 Å². The van der Waals surface area contributed by atoms with Crippen molar-refractivity contribution in [1.82, 2.24) is 0 Å². The summed E-state index contributed by atoms with van der Waals surface area (Å²) in [6.45, 7) is 13.9. The highest BCUT2D eigenvalue weighted by molar-refractivity contribution is 8.02. The summed E-state index contributed by atoms with van der Waals surface area (Å²) < 4.78 is 56.7. The molecule has 6 rings (SSSR count). The molecule has 8 heteroatoms. The first-order chi connectivity index (χ1) is 24.4. The molecular weight excluding hydrogens is 709 g/mol. The van der Waals surface area contributed by atoms with Crippen molar-refractivity contribution < 1.29 is 16.8 Å². The number of benzene rings is 2. The zero-order valence-electron chi connectivity index (χ0n) is 32.0. The van der Waals surface area contributed by atoms with E-state index >= 15 is 0 Å². The highest BCUT2D eigenvalue weighted by atomic mass is 32.2. The molecule has 12 unspecified atom stereocenters. The van der Waals surface area contributed by atoms with Gasteiger partial charge >= 0.3 is 0 Å². The van der Waals surface area contributed by atoms with Crippen LogP contribution in [0.4, 0.5) is 0 Å². The minimum atomic E-state index is -3.41. The van der Waals surface area contributed by atoms with Crippen LogP contribution in [0.1, 0.15) is 106 Å². The van der Waals surface area contributed by atoms with Crippen LogP contribution in [-0.4, -0.2) is 49.3 Å². The van der Waals surface area contributed by atoms with Gasteiger partial charge in [-0.1, -0.05) is 104 Å². The van der Waals surface area contributed by atoms with E-state index in [4.69, 9.17) is 0 Å². The number of thioether (sulfide) groups is 2. The molecule has 0 spiro atoms. The van der Waals surface area contributed by atoms with Crippen LogP contribution >= 0.6 is 23.5 Å². The number of fused-ring (bicyclic) bond motifs is 2. The van der Waals surface area contributed by atoms with Crippen LogP contribution < -0.4 is 0 Å². The first-order valence-corrected chi connectivity index (χ1v) is 25.4. The Labute approximate surface area is 319 Å². The molecule has 4 aliphatic rings. The zero-order chi connectivity index (χ0) is 36.6. The van der Waals surface area contributed by atoms with Crippen molar-refractivity contribution in [2.45, 2.75) is 137 Å². The molecule has 4 fully saturated rings. The van der Waals surface area contributed by atoms with Crippen LogP contribution in [0.25, 0.3) is 0 Å². The molecule has 284 valence electrons. The Bertz CT molecular complexity index is 1520. The predicted octanol–water partition coefficient (Wildman–Crippen LogP) is 10.9. The predicted molar refractivity (Wildman–Crippen MR) is 218 cm³/mol. The second kappa shape index (κ2) is 16.4. The van der Waals surface area contributed by atoms with Gasteiger partial charge in [-0.2, -0.15) is 23.5 Å². The van der Waals surface area contributed by atoms with Crippen molar-refractivity contribution in [2.24, 2.45) is 52.8 Å². The fraction of sp³-hybridized carbons (Fsp3) is 0.721. The minimum Gasteiger partial charge on any atom is -0.223 e. The van der Waals surface area contributed by atoms with Crippen LogP contribution in [-0.2, 0) is 19.7 Å². The van der Waals surface area contributed by atoms with Crippen LogP contribution in [0, 0.1) is 52.8 Å². The maximum atomic E-state index is 14.2. The molecule has 0 saturated heterocycles. The van der Waals surface area contributed by atoms with Crippen molar-refractivity contribution in [2.75, 3.05) is 11.5 Å². The van der Waals surface area contributed by atoms with E-state index in [2.05, 4.69) is 41.5 Å². The molecule has 12 atom stereocenters. The van der Waals surface area contributed by atoms with Gasteiger partial charge in [0.05, 0.1) is 20.3 Å². The molecule has 4 aliphatic carbocycles. The van der Waals surface area contributed by atoms with Crippen molar-refractivity contribution in [1.29, 1.82) is 0 Å². The normalized spacial score (nSPS) is 35.3. The van der Waals surface area contributed by atoms with Gasteiger partial charge in [0.15, 0.2) is 19.7 Å². The summed E-state index contributed by atoms with van der Waals surface area (Å²) in [4.78, 5) is 0.970. The van der Waals surface area contributed by atoms with Gasteiger partial charge in [-0.15, -0.1) is 0 Å². The number of rotatable bonds is 16. The van der Waals surface area contributed by atoms with E-state index in [0.29, 0.717) is 57.1 Å². The van der Waals surface area contributed by atoms with Crippen molar-refractivity contribution >= 4 is 43.2 Å². The summed E-state index contributed by atoms with van der Waals surface area (Å²) in [7, 11) is -6.83. The van der Waals surface area contributed by atoms with Crippen molar-refractivity contribution in [3.63, 3.8) is 0 Å². The Balaban J connectivity index is 1.14.